The maximum atomic E-state index is 3.63. The molecule has 21 heavy (non-hydrogen) atoms. The Morgan fingerprint density at radius 3 is 2.24 bits per heavy atom. The average Bonchev–Trinajstić information content (AvgIpc) is 2.52. The van der Waals surface area contributed by atoms with Crippen LogP contribution in [0.5, 0.6) is 0 Å². The van der Waals surface area contributed by atoms with Crippen LogP contribution in [0.15, 0.2) is 42.5 Å². The molecule has 0 fully saturated rings. The third kappa shape index (κ3) is 4.07. The van der Waals surface area contributed by atoms with Crippen LogP contribution in [0.1, 0.15) is 49.1 Å². The molecule has 0 aliphatic carbocycles. The highest BCUT2D eigenvalue weighted by atomic mass is 127. The number of rotatable bonds is 6. The number of halogens is 1. The Bertz CT molecular complexity index is 592. The summed E-state index contributed by atoms with van der Waals surface area (Å²) in [7, 11) is 0. The van der Waals surface area contributed by atoms with Crippen LogP contribution < -0.4 is 5.32 Å². The van der Waals surface area contributed by atoms with Crippen molar-refractivity contribution in [1.29, 1.82) is 0 Å². The molecule has 0 spiro atoms. The summed E-state index contributed by atoms with van der Waals surface area (Å²) in [4.78, 5) is 0. The summed E-state index contributed by atoms with van der Waals surface area (Å²) in [5, 5.41) is 3.63. The van der Waals surface area contributed by atoms with E-state index in [0.29, 0.717) is 0 Å². The van der Waals surface area contributed by atoms with E-state index in [1.807, 2.05) is 0 Å². The third-order valence-electron chi connectivity index (χ3n) is 3.92. The van der Waals surface area contributed by atoms with Crippen LogP contribution in [-0.4, -0.2) is 6.54 Å². The molecular formula is C19H24IN. The van der Waals surface area contributed by atoms with Crippen molar-refractivity contribution in [3.05, 3.63) is 68.3 Å². The zero-order chi connectivity index (χ0) is 15.2. The molecule has 1 atom stereocenters. The first-order chi connectivity index (χ1) is 10.2. The van der Waals surface area contributed by atoms with Crippen LogP contribution >= 0.6 is 22.6 Å². The van der Waals surface area contributed by atoms with E-state index in [0.717, 1.165) is 19.4 Å². The topological polar surface area (TPSA) is 12.0 Å². The minimum absolute atomic E-state index is 0.279. The smallest absolute Gasteiger partial charge is 0.0577 e. The van der Waals surface area contributed by atoms with Crippen molar-refractivity contribution >= 4 is 22.6 Å². The Morgan fingerprint density at radius 1 is 0.905 bits per heavy atom. The van der Waals surface area contributed by atoms with Crippen molar-refractivity contribution in [3.8, 4) is 0 Å². The lowest BCUT2D eigenvalue weighted by atomic mass is 9.93. The fraction of sp³-hybridized carbons (Fsp3) is 0.368. The largest absolute Gasteiger partial charge is 0.307 e. The van der Waals surface area contributed by atoms with Gasteiger partial charge in [-0.15, -0.1) is 0 Å². The molecule has 0 amide bonds. The second-order valence-corrected chi connectivity index (χ2v) is 6.53. The quantitative estimate of drug-likeness (QED) is 0.673. The number of hydrogen-bond acceptors (Lipinski definition) is 1. The number of benzene rings is 2. The van der Waals surface area contributed by atoms with E-state index in [1.54, 1.807) is 0 Å². The molecule has 2 aromatic carbocycles. The monoisotopic (exact) mass is 393 g/mol. The summed E-state index contributed by atoms with van der Waals surface area (Å²) in [6.45, 7) is 7.61. The molecule has 0 saturated heterocycles. The predicted octanol–water partition coefficient (Wildman–Crippen LogP) is 5.11. The van der Waals surface area contributed by atoms with Gasteiger partial charge >= 0.3 is 0 Å². The highest BCUT2D eigenvalue weighted by molar-refractivity contribution is 14.1. The van der Waals surface area contributed by atoms with Crippen molar-refractivity contribution in [2.75, 3.05) is 6.54 Å². The second-order valence-electron chi connectivity index (χ2n) is 5.28. The van der Waals surface area contributed by atoms with Gasteiger partial charge in [0.1, 0.15) is 0 Å². The first kappa shape index (κ1) is 16.5. The predicted molar refractivity (Wildman–Crippen MR) is 99.9 cm³/mol. The van der Waals surface area contributed by atoms with E-state index in [1.165, 1.54) is 25.8 Å². The zero-order valence-corrected chi connectivity index (χ0v) is 15.3. The van der Waals surface area contributed by atoms with E-state index in [2.05, 4.69) is 91.1 Å². The first-order valence-electron chi connectivity index (χ1n) is 7.80. The highest BCUT2D eigenvalue weighted by Gasteiger charge is 2.14. The van der Waals surface area contributed by atoms with Gasteiger partial charge in [-0.3, -0.25) is 0 Å². The SMILES string of the molecule is CCNC(c1cccc(I)c1)c1ccc(CC)c(CC)c1. The maximum absolute atomic E-state index is 3.63. The maximum Gasteiger partial charge on any atom is 0.0577 e. The normalized spacial score (nSPS) is 12.4. The molecule has 1 unspecified atom stereocenters. The van der Waals surface area contributed by atoms with Gasteiger partial charge < -0.3 is 5.32 Å². The lowest BCUT2D eigenvalue weighted by Crippen LogP contribution is -2.22. The van der Waals surface area contributed by atoms with Crippen molar-refractivity contribution < 1.29 is 0 Å². The van der Waals surface area contributed by atoms with E-state index in [-0.39, 0.29) is 6.04 Å². The van der Waals surface area contributed by atoms with E-state index in [4.69, 9.17) is 0 Å². The fourth-order valence-corrected chi connectivity index (χ4v) is 3.39. The summed E-state index contributed by atoms with van der Waals surface area (Å²) in [5.74, 6) is 0. The number of hydrogen-bond donors (Lipinski definition) is 1. The molecule has 1 nitrogen and oxygen atoms in total. The average molecular weight is 393 g/mol. The van der Waals surface area contributed by atoms with Gasteiger partial charge in [0.25, 0.3) is 0 Å². The molecule has 1 N–H and O–H groups in total. The van der Waals surface area contributed by atoms with Gasteiger partial charge in [0, 0.05) is 3.57 Å². The van der Waals surface area contributed by atoms with Crippen molar-refractivity contribution in [1.82, 2.24) is 5.32 Å². The number of aryl methyl sites for hydroxylation is 2. The zero-order valence-electron chi connectivity index (χ0n) is 13.1. The minimum Gasteiger partial charge on any atom is -0.307 e. The molecule has 0 heterocycles. The molecule has 0 aliphatic rings. The first-order valence-corrected chi connectivity index (χ1v) is 8.88. The lowest BCUT2D eigenvalue weighted by Gasteiger charge is -2.21. The van der Waals surface area contributed by atoms with E-state index >= 15 is 0 Å². The van der Waals surface area contributed by atoms with Gasteiger partial charge in [-0.2, -0.15) is 0 Å². The summed E-state index contributed by atoms with van der Waals surface area (Å²) >= 11 is 2.38. The van der Waals surface area contributed by atoms with E-state index in [9.17, 15) is 0 Å². The van der Waals surface area contributed by atoms with Gasteiger partial charge in [0.15, 0.2) is 0 Å². The molecule has 0 radical (unpaired) electrons. The molecule has 0 aliphatic heterocycles. The molecule has 2 aromatic rings. The Kier molecular flexibility index (Phi) is 6.24. The van der Waals surface area contributed by atoms with Crippen LogP contribution in [0.4, 0.5) is 0 Å². The van der Waals surface area contributed by atoms with Crippen LogP contribution in [0.3, 0.4) is 0 Å². The Balaban J connectivity index is 2.43. The Morgan fingerprint density at radius 2 is 1.62 bits per heavy atom. The van der Waals surface area contributed by atoms with E-state index < -0.39 is 0 Å². The van der Waals surface area contributed by atoms with Gasteiger partial charge in [-0.25, -0.2) is 0 Å². The number of nitrogens with one attached hydrogen (secondary N) is 1. The Labute approximate surface area is 142 Å². The molecule has 112 valence electrons. The van der Waals surface area contributed by atoms with Crippen LogP contribution in [0, 0.1) is 3.57 Å². The second kappa shape index (κ2) is 7.95. The molecular weight excluding hydrogens is 369 g/mol. The van der Waals surface area contributed by atoms with Gasteiger partial charge in [-0.05, 0) is 76.4 Å². The summed E-state index contributed by atoms with van der Waals surface area (Å²) < 4.78 is 1.29. The lowest BCUT2D eigenvalue weighted by molar-refractivity contribution is 0.629. The highest BCUT2D eigenvalue weighted by Crippen LogP contribution is 2.26. The van der Waals surface area contributed by atoms with Gasteiger partial charge in [-0.1, -0.05) is 51.1 Å². The Hall–Kier alpha value is -0.870. The fourth-order valence-electron chi connectivity index (χ4n) is 2.82. The molecule has 0 aromatic heterocycles. The van der Waals surface area contributed by atoms with Crippen molar-refractivity contribution in [2.24, 2.45) is 0 Å². The molecule has 2 rings (SSSR count). The third-order valence-corrected chi connectivity index (χ3v) is 4.59. The summed E-state index contributed by atoms with van der Waals surface area (Å²) in [6, 6.07) is 16.0. The van der Waals surface area contributed by atoms with Crippen molar-refractivity contribution in [2.45, 2.75) is 39.7 Å². The van der Waals surface area contributed by atoms with Gasteiger partial charge in [0.2, 0.25) is 0 Å². The molecule has 0 bridgehead atoms. The minimum atomic E-state index is 0.279. The molecule has 2 heteroatoms. The molecule has 0 saturated carbocycles. The summed E-state index contributed by atoms with van der Waals surface area (Å²) in [5.41, 5.74) is 5.66. The standard InChI is InChI=1S/C19H24IN/c1-4-14-10-11-17(12-15(14)5-2)19(21-6-3)16-8-7-9-18(20)13-16/h7-13,19,21H,4-6H2,1-3H3. The van der Waals surface area contributed by atoms with Crippen LogP contribution in [0.25, 0.3) is 0 Å². The summed E-state index contributed by atoms with van der Waals surface area (Å²) in [6.07, 6.45) is 2.21. The van der Waals surface area contributed by atoms with Crippen molar-refractivity contribution in [3.63, 3.8) is 0 Å². The van der Waals surface area contributed by atoms with Crippen LogP contribution in [0.2, 0.25) is 0 Å². The van der Waals surface area contributed by atoms with Crippen LogP contribution in [-0.2, 0) is 12.8 Å². The van der Waals surface area contributed by atoms with Gasteiger partial charge in [0.05, 0.1) is 6.04 Å².